The molecule has 0 bridgehead atoms. The van der Waals surface area contributed by atoms with Crippen LogP contribution in [0.15, 0.2) is 34.8 Å². The molecule has 8 N–H and O–H groups in total. The highest BCUT2D eigenvalue weighted by Gasteiger charge is 2.53. The third-order valence-corrected chi connectivity index (χ3v) is 9.12. The molecule has 4 amide bonds. The first kappa shape index (κ1) is 29.1. The molecule has 1 saturated carbocycles. The van der Waals surface area contributed by atoms with Gasteiger partial charge in [0.1, 0.15) is 24.1 Å². The molecule has 0 aromatic carbocycles. The number of thioether (sulfide) groups is 1. The summed E-state index contributed by atoms with van der Waals surface area (Å²) in [6.45, 7) is 0.00556. The molecule has 2 aliphatic heterocycles. The van der Waals surface area contributed by atoms with Gasteiger partial charge in [0.25, 0.3) is 17.6 Å². The molecular weight excluding hydrogens is 616 g/mol. The first-order valence-electron chi connectivity index (χ1n) is 13.4. The van der Waals surface area contributed by atoms with Crippen molar-refractivity contribution in [3.63, 3.8) is 0 Å². The van der Waals surface area contributed by atoms with Gasteiger partial charge >= 0.3 is 11.7 Å². The number of nitrogens with zero attached hydrogens (tertiary/aromatic N) is 7. The summed E-state index contributed by atoms with van der Waals surface area (Å²) in [4.78, 5) is 61.2. The zero-order chi connectivity index (χ0) is 31.1. The Kier molecular flexibility index (Phi) is 7.67. The van der Waals surface area contributed by atoms with E-state index >= 15 is 0 Å². The van der Waals surface area contributed by atoms with Gasteiger partial charge in [0.15, 0.2) is 17.1 Å². The number of hydrogen-bond donors (Lipinski definition) is 5. The Bertz CT molecular complexity index is 1750. The molecule has 2 atom stereocenters. The van der Waals surface area contributed by atoms with Crippen molar-refractivity contribution in [1.29, 1.82) is 0 Å². The number of hydrogen-bond acceptors (Lipinski definition) is 14. The molecule has 230 valence electrons. The van der Waals surface area contributed by atoms with Gasteiger partial charge < -0.3 is 37.3 Å². The number of carboxylic acid groups (broad SMARTS) is 1. The summed E-state index contributed by atoms with van der Waals surface area (Å²) in [5.41, 5.74) is 17.1. The molecule has 6 rings (SSSR count). The molecule has 18 nitrogen and oxygen atoms in total. The summed E-state index contributed by atoms with van der Waals surface area (Å²) >= 11 is 2.14. The first-order chi connectivity index (χ1) is 21.1. The van der Waals surface area contributed by atoms with Crippen molar-refractivity contribution < 1.29 is 33.7 Å². The van der Waals surface area contributed by atoms with Gasteiger partial charge in [-0.2, -0.15) is 9.36 Å². The van der Waals surface area contributed by atoms with E-state index in [0.717, 1.165) is 42.1 Å². The highest BCUT2D eigenvalue weighted by Crippen LogP contribution is 2.40. The van der Waals surface area contributed by atoms with Crippen LogP contribution in [0.4, 0.5) is 21.6 Å². The number of β-lactam (4-membered cyclic amide) rings is 1. The number of imidazole rings is 1. The number of oxime groups is 1. The monoisotopic (exact) mass is 642 g/mol. The minimum absolute atomic E-state index is 0.00556. The zero-order valence-electron chi connectivity index (χ0n) is 22.8. The number of urea groups is 1. The second-order valence-corrected chi connectivity index (χ2v) is 12.1. The molecule has 3 aliphatic rings. The number of carbonyl (C=O) groups excluding carboxylic acids is 4. The molecular formula is C24H26N12O6S2. The van der Waals surface area contributed by atoms with Crippen LogP contribution in [0.2, 0.25) is 0 Å². The lowest BCUT2D eigenvalue weighted by Crippen LogP contribution is -2.71. The van der Waals surface area contributed by atoms with Gasteiger partial charge in [-0.3, -0.25) is 19.8 Å². The number of nitrogens with two attached hydrogens (primary N) is 3. The van der Waals surface area contributed by atoms with Crippen LogP contribution in [0.5, 0.6) is 0 Å². The highest BCUT2D eigenvalue weighted by molar-refractivity contribution is 8.00. The Morgan fingerprint density at radius 2 is 2.00 bits per heavy atom. The number of nitrogens with one attached hydrogen (secondary N) is 2. The normalized spacial score (nSPS) is 20.4. The molecule has 44 heavy (non-hydrogen) atoms. The number of rotatable bonds is 9. The highest BCUT2D eigenvalue weighted by atomic mass is 32.2. The molecule has 1 saturated heterocycles. The maximum absolute atomic E-state index is 13.3. The van der Waals surface area contributed by atoms with Gasteiger partial charge in [-0.15, -0.1) is 11.8 Å². The Hall–Kier alpha value is -4.98. The number of primary amides is 1. The quantitative estimate of drug-likeness (QED) is 0.0727. The second-order valence-electron chi connectivity index (χ2n) is 10.2. The number of aliphatic carboxylic acids is 1. The van der Waals surface area contributed by atoms with Crippen LogP contribution in [-0.2, 0) is 25.8 Å². The van der Waals surface area contributed by atoms with E-state index in [9.17, 15) is 24.3 Å². The molecule has 20 heteroatoms. The van der Waals surface area contributed by atoms with E-state index in [4.69, 9.17) is 22.0 Å². The van der Waals surface area contributed by atoms with E-state index in [1.807, 2.05) is 0 Å². The summed E-state index contributed by atoms with van der Waals surface area (Å²) in [5, 5.41) is 25.0. The van der Waals surface area contributed by atoms with E-state index in [2.05, 4.69) is 30.2 Å². The molecule has 0 spiro atoms. The van der Waals surface area contributed by atoms with Gasteiger partial charge in [0, 0.05) is 28.9 Å². The molecule has 3 aromatic heterocycles. The predicted octanol–water partition coefficient (Wildman–Crippen LogP) is -2.10. The molecule has 2 fully saturated rings. The maximum Gasteiger partial charge on any atom is 0.319 e. The van der Waals surface area contributed by atoms with Crippen LogP contribution in [0, 0.1) is 0 Å². The van der Waals surface area contributed by atoms with Crippen molar-refractivity contribution in [3.8, 4) is 0 Å². The van der Waals surface area contributed by atoms with Crippen LogP contribution in [0.1, 0.15) is 31.5 Å². The van der Waals surface area contributed by atoms with E-state index < -0.39 is 35.2 Å². The Balaban J connectivity index is 1.23. The van der Waals surface area contributed by atoms with Crippen molar-refractivity contribution in [2.75, 3.05) is 22.5 Å². The van der Waals surface area contributed by atoms with Crippen LogP contribution in [0.3, 0.4) is 0 Å². The topological polar surface area (TPSA) is 265 Å². The number of anilines is 3. The van der Waals surface area contributed by atoms with Crippen LogP contribution in [0.25, 0.3) is 5.65 Å². The number of nitrogen functional groups attached to an aromatic ring is 2. The first-order valence-corrected chi connectivity index (χ1v) is 15.2. The van der Waals surface area contributed by atoms with Crippen molar-refractivity contribution >= 4 is 75.2 Å². The van der Waals surface area contributed by atoms with Crippen molar-refractivity contribution in [3.05, 3.63) is 35.4 Å². The van der Waals surface area contributed by atoms with E-state index in [1.54, 1.807) is 10.6 Å². The summed E-state index contributed by atoms with van der Waals surface area (Å²) < 4.78 is 7.03. The minimum atomic E-state index is -1.56. The van der Waals surface area contributed by atoms with Crippen molar-refractivity contribution in [2.24, 2.45) is 10.9 Å². The van der Waals surface area contributed by atoms with Gasteiger partial charge in [-0.25, -0.2) is 9.36 Å². The Morgan fingerprint density at radius 3 is 2.68 bits per heavy atom. The number of aromatic nitrogens is 5. The van der Waals surface area contributed by atoms with Crippen LogP contribution >= 0.6 is 23.3 Å². The van der Waals surface area contributed by atoms with Gasteiger partial charge in [-0.1, -0.05) is 14.8 Å². The fourth-order valence-corrected chi connectivity index (χ4v) is 7.05. The maximum atomic E-state index is 13.3. The van der Waals surface area contributed by atoms with Crippen LogP contribution < -0.4 is 37.5 Å². The molecule has 3 aromatic rings. The standard InChI is InChI=1S/C24H26N12O6S2/c25-12-5-6-14-34(8-13(28-23(26)41)36(14)31-12)7-10-9-43-21-16(20(38)35(21)17(10)22(39)40)29-19(37)15(18-30-24(27)44-33-18)32-42-11-3-1-2-4-11/h5-6,8,11,16,21H,1-4,7,9H2,(H8-,25,26,27,28,29,30,31,33,37,39,40,41)/b32-15-/t16-,21-/m1/s1. The number of amides is 4. The average Bonchev–Trinajstić information content (AvgIpc) is 3.73. The van der Waals surface area contributed by atoms with Gasteiger partial charge in [0.2, 0.25) is 11.5 Å². The third kappa shape index (κ3) is 5.43. The van der Waals surface area contributed by atoms with Crippen molar-refractivity contribution in [1.82, 2.24) is 29.2 Å². The fraction of sp³-hybridized carbons (Fsp3) is 0.375. The Labute approximate surface area is 256 Å². The van der Waals surface area contributed by atoms with Crippen molar-refractivity contribution in [2.45, 2.75) is 49.7 Å². The largest absolute Gasteiger partial charge is 0.543 e. The smallest absolute Gasteiger partial charge is 0.319 e. The molecule has 1 aliphatic carbocycles. The summed E-state index contributed by atoms with van der Waals surface area (Å²) in [6, 6.07) is 1.28. The van der Waals surface area contributed by atoms with E-state index in [0.29, 0.717) is 11.2 Å². The summed E-state index contributed by atoms with van der Waals surface area (Å²) in [6.07, 6.45) is 4.93. The summed E-state index contributed by atoms with van der Waals surface area (Å²) in [7, 11) is 0. The third-order valence-electron chi connectivity index (χ3n) is 7.24. The minimum Gasteiger partial charge on any atom is -0.543 e. The molecule has 0 radical (unpaired) electrons. The van der Waals surface area contributed by atoms with Gasteiger partial charge in [0.05, 0.1) is 11.7 Å². The number of fused-ring (bicyclic) bond motifs is 2. The average molecular weight is 643 g/mol. The lowest BCUT2D eigenvalue weighted by molar-refractivity contribution is -0.662. The fourth-order valence-electron chi connectivity index (χ4n) is 5.28. The predicted molar refractivity (Wildman–Crippen MR) is 154 cm³/mol. The second kappa shape index (κ2) is 11.6. The molecule has 0 unspecified atom stereocenters. The zero-order valence-corrected chi connectivity index (χ0v) is 24.5. The SMILES string of the molecule is NC(=O)Nc1c[n+](CC2=C(C(=O)[O-])N3C(=O)[C@@H](NC(=O)/C(=N\OC4CCCC4)c4nsc(N)n4)[C@H]3SC2)c2ccc(N)nn12. The summed E-state index contributed by atoms with van der Waals surface area (Å²) in [5.74, 6) is -2.45. The van der Waals surface area contributed by atoms with Crippen LogP contribution in [-0.4, -0.2) is 76.7 Å². The lowest BCUT2D eigenvalue weighted by Gasteiger charge is -2.50. The van der Waals surface area contributed by atoms with E-state index in [1.165, 1.54) is 28.5 Å². The molecule has 5 heterocycles. The lowest BCUT2D eigenvalue weighted by atomic mass is 10.0. The van der Waals surface area contributed by atoms with E-state index in [-0.39, 0.29) is 52.4 Å². The number of carbonyl (C=O) groups is 4. The number of carboxylic acids is 1. The van der Waals surface area contributed by atoms with Gasteiger partial charge in [-0.05, 0) is 31.7 Å². The Morgan fingerprint density at radius 1 is 1.23 bits per heavy atom.